The summed E-state index contributed by atoms with van der Waals surface area (Å²) in [6, 6.07) is 84.8. The lowest BCUT2D eigenvalue weighted by molar-refractivity contribution is -0.117. The molecule has 0 spiro atoms. The molecule has 0 fully saturated rings. The Morgan fingerprint density at radius 2 is 0.425 bits per heavy atom. The molecule has 15 nitrogen and oxygen atoms in total. The van der Waals surface area contributed by atoms with Gasteiger partial charge in [0.1, 0.15) is 34.6 Å². The molecule has 12 aromatic carbocycles. The van der Waals surface area contributed by atoms with Crippen LogP contribution in [0.2, 0.25) is 0 Å². The van der Waals surface area contributed by atoms with E-state index in [2.05, 4.69) is 276 Å². The lowest BCUT2D eigenvalue weighted by atomic mass is 9.99. The van der Waals surface area contributed by atoms with Crippen molar-refractivity contribution < 1.29 is 57.4 Å². The van der Waals surface area contributed by atoms with Crippen molar-refractivity contribution in [2.75, 3.05) is 35.8 Å². The maximum Gasteiger partial charge on any atom is 0.345 e. The van der Waals surface area contributed by atoms with Crippen LogP contribution in [0, 0.1) is 32.1 Å². The topological polar surface area (TPSA) is 191 Å². The molecule has 0 bridgehead atoms. The van der Waals surface area contributed by atoms with Crippen molar-refractivity contribution in [3.05, 3.63) is 320 Å². The lowest BCUT2D eigenvalue weighted by Gasteiger charge is -2.27. The minimum Gasteiger partial charge on any atom is -0.423 e. The zero-order valence-corrected chi connectivity index (χ0v) is 87.6. The van der Waals surface area contributed by atoms with Crippen molar-refractivity contribution in [2.24, 2.45) is 0 Å². The number of rotatable bonds is 24. The third-order valence-corrected chi connectivity index (χ3v) is 35.1. The van der Waals surface area contributed by atoms with E-state index in [1.54, 1.807) is 33.3 Å². The Morgan fingerprint density at radius 1 is 0.242 bits per heavy atom. The average molecular weight is 2660 g/mol. The summed E-state index contributed by atoms with van der Waals surface area (Å²) in [4.78, 5) is 129. The Morgan fingerprint density at radius 3 is 0.633 bits per heavy atom. The molecule has 612 valence electrons. The van der Waals surface area contributed by atoms with Gasteiger partial charge in [0.05, 0.1) is 80.7 Å². The maximum absolute atomic E-state index is 13.7. The molecular formula is C93H75I9N3O12S3+3. The van der Waals surface area contributed by atoms with Crippen molar-refractivity contribution in [3.63, 3.8) is 0 Å². The summed E-state index contributed by atoms with van der Waals surface area (Å²) in [6.45, 7) is 8.93. The van der Waals surface area contributed by atoms with Gasteiger partial charge in [0.2, 0.25) is 17.7 Å². The third-order valence-electron chi connectivity index (χ3n) is 18.2. The van der Waals surface area contributed by atoms with Crippen molar-refractivity contribution in [1.29, 1.82) is 0 Å². The molecule has 0 aliphatic heterocycles. The number of esters is 3. The molecule has 12 rings (SSSR count). The van der Waals surface area contributed by atoms with Gasteiger partial charge in [-0.05, 0) is 386 Å². The van der Waals surface area contributed by atoms with E-state index in [9.17, 15) is 43.2 Å². The van der Waals surface area contributed by atoms with E-state index < -0.39 is 17.9 Å². The highest BCUT2D eigenvalue weighted by Crippen LogP contribution is 2.45. The van der Waals surface area contributed by atoms with Crippen LogP contribution in [0.15, 0.2) is 299 Å². The van der Waals surface area contributed by atoms with Crippen LogP contribution in [-0.2, 0) is 80.7 Å². The molecule has 12 aromatic rings. The predicted octanol–water partition coefficient (Wildman–Crippen LogP) is 23.8. The van der Waals surface area contributed by atoms with Gasteiger partial charge in [0.25, 0.3) is 0 Å². The van der Waals surface area contributed by atoms with Gasteiger partial charge in [-0.3, -0.25) is 28.8 Å². The Bertz CT molecular complexity index is 5610. The summed E-state index contributed by atoms with van der Waals surface area (Å²) in [6.07, 6.45) is 0.533. The van der Waals surface area contributed by atoms with E-state index in [4.69, 9.17) is 14.2 Å². The molecule has 0 N–H and O–H groups in total. The number of hydrogen-bond acceptors (Lipinski definition) is 12. The zero-order valence-electron chi connectivity index (χ0n) is 65.7. The molecule has 0 saturated carbocycles. The van der Waals surface area contributed by atoms with Gasteiger partial charge >= 0.3 is 17.9 Å². The lowest BCUT2D eigenvalue weighted by Crippen LogP contribution is -2.30. The molecule has 0 saturated heterocycles. The van der Waals surface area contributed by atoms with Gasteiger partial charge in [-0.1, -0.05) is 109 Å². The fraction of sp³-hybridized carbons (Fsp3) is 0.129. The first-order chi connectivity index (χ1) is 57.3. The number of carbonyl (C=O) groups excluding carboxylic acids is 9. The standard InChI is InChI=1S/C31H26I3N2O4S.C31H25I3NO4S.C31H24I3O4S/c1-19(37)35(3)29-26(32)25(27(33)30(28(29)34)36(4)20(2)38)31(39)40-21-15-17-24(18-16-21)41(22-11-7-5-8-12-22)23-13-9-6-10-14-23;1-19(36)18-25-27(32)26(29(34)30(28(25)33)35(3)20(2)37)31(38)39-21-14-16-24(17-15-21)40(22-10-6-4-7-11-22)23-12-8-5-9-13-23;1-19(35)17-25-28(32)26(18-20(2)36)30(34)27(29(25)33)31(37)38-21-13-15-24(16-14-21)39(22-9-5-3-6-10-22)23-11-7-4-8-12-23/h5-18H,1-4H3;4-17H,18H2,1-3H3;3-16H,17-18H2,1-2H3/q3*+1. The second-order valence-corrected chi connectivity index (χ2v) is 42.5. The summed E-state index contributed by atoms with van der Waals surface area (Å²) < 4.78 is 23.7. The molecule has 120 heavy (non-hydrogen) atoms. The number of hydrogen-bond donors (Lipinski definition) is 0. The minimum absolute atomic E-state index is 0.0112. The summed E-state index contributed by atoms with van der Waals surface area (Å²) in [5.41, 5.74) is 4.99. The van der Waals surface area contributed by atoms with Crippen LogP contribution in [0.25, 0.3) is 0 Å². The van der Waals surface area contributed by atoms with Crippen LogP contribution in [0.1, 0.15) is 89.3 Å². The molecule has 0 heterocycles. The second-order valence-electron chi connectivity index (χ2n) is 26.7. The highest BCUT2D eigenvalue weighted by Gasteiger charge is 2.36. The molecule has 0 aliphatic rings. The van der Waals surface area contributed by atoms with Crippen molar-refractivity contribution in [1.82, 2.24) is 0 Å². The first-order valence-corrected chi connectivity index (χ1v) is 50.0. The minimum atomic E-state index is -0.565. The summed E-state index contributed by atoms with van der Waals surface area (Å²) in [7, 11) is 4.01. The molecule has 0 aromatic heterocycles. The van der Waals surface area contributed by atoms with Gasteiger partial charge < -0.3 is 28.9 Å². The zero-order chi connectivity index (χ0) is 86.9. The van der Waals surface area contributed by atoms with Crippen LogP contribution in [0.4, 0.5) is 17.1 Å². The number of nitrogens with zero attached hydrogens (tertiary/aromatic N) is 3. The van der Waals surface area contributed by atoms with E-state index in [1.807, 2.05) is 170 Å². The number of ketones is 3. The number of ether oxygens (including phenoxy) is 3. The van der Waals surface area contributed by atoms with E-state index in [0.717, 1.165) is 33.0 Å². The van der Waals surface area contributed by atoms with Crippen LogP contribution in [-0.4, -0.2) is 74.1 Å². The molecule has 0 radical (unpaired) electrons. The quantitative estimate of drug-likeness (QED) is 0.0241. The highest BCUT2D eigenvalue weighted by atomic mass is 127. The van der Waals surface area contributed by atoms with Crippen molar-refractivity contribution in [2.45, 2.75) is 105 Å². The maximum atomic E-state index is 13.7. The number of amides is 3. The molecule has 0 aliphatic carbocycles. The molecule has 0 unspecified atom stereocenters. The van der Waals surface area contributed by atoms with E-state index >= 15 is 0 Å². The number of benzene rings is 12. The Labute approximate surface area is 829 Å². The Balaban J connectivity index is 0.000000189. The van der Waals surface area contributed by atoms with E-state index in [-0.39, 0.29) is 87.0 Å². The number of Topliss-reactive ketones (excluding diaryl/α,β-unsaturated/α-hetero) is 3. The SMILES string of the molecule is CC(=O)Cc1c(I)c(C(=O)Oc2ccc([S+](c3ccccc3)c3ccccc3)cc2)c(I)c(N(C)C(C)=O)c1I.CC(=O)Cc1c(I)c(CC(C)=O)c(I)c(C(=O)Oc2ccc([S+](c3ccccc3)c3ccccc3)cc2)c1I.CC(=O)N(C)c1c(I)c(C(=O)Oc2ccc([S+](c3ccccc3)c3ccccc3)cc2)c(I)c(N(C)C(C)=O)c1I. The van der Waals surface area contributed by atoms with E-state index in [1.165, 1.54) is 85.6 Å². The first-order valence-electron chi connectivity index (χ1n) is 36.6. The van der Waals surface area contributed by atoms with Gasteiger partial charge in [-0.15, -0.1) is 0 Å². The fourth-order valence-corrected chi connectivity index (χ4v) is 32.6. The summed E-state index contributed by atoms with van der Waals surface area (Å²) >= 11 is 19.0. The average Bonchev–Trinajstić information content (AvgIpc) is 0.787. The van der Waals surface area contributed by atoms with Crippen molar-refractivity contribution in [3.8, 4) is 17.2 Å². The summed E-state index contributed by atoms with van der Waals surface area (Å²) in [5.74, 6) is -0.978. The number of anilines is 3. The summed E-state index contributed by atoms with van der Waals surface area (Å²) in [5, 5.41) is 0. The number of halogens is 9. The third kappa shape index (κ3) is 24.0. The van der Waals surface area contributed by atoms with Crippen LogP contribution < -0.4 is 28.9 Å². The van der Waals surface area contributed by atoms with Crippen LogP contribution in [0.3, 0.4) is 0 Å². The first kappa shape index (κ1) is 96.3. The largest absolute Gasteiger partial charge is 0.423 e. The van der Waals surface area contributed by atoms with Gasteiger partial charge in [-0.2, -0.15) is 0 Å². The second kappa shape index (κ2) is 45.3. The normalized spacial score (nSPS) is 10.9. The van der Waals surface area contributed by atoms with Gasteiger partial charge in [0.15, 0.2) is 44.1 Å². The Hall–Kier alpha value is -5.91. The van der Waals surface area contributed by atoms with Crippen LogP contribution >= 0.6 is 203 Å². The molecule has 0 atom stereocenters. The Kier molecular flexibility index (Phi) is 36.4. The van der Waals surface area contributed by atoms with Crippen LogP contribution in [0.5, 0.6) is 17.2 Å². The predicted molar refractivity (Wildman–Crippen MR) is 554 cm³/mol. The molecular weight excluding hydrogens is 2590 g/mol. The van der Waals surface area contributed by atoms with Crippen molar-refractivity contribution >= 4 is 306 Å². The smallest absolute Gasteiger partial charge is 0.345 e. The fourth-order valence-electron chi connectivity index (χ4n) is 12.2. The highest BCUT2D eigenvalue weighted by molar-refractivity contribution is 14.1. The van der Waals surface area contributed by atoms with Gasteiger partial charge in [0, 0.05) is 79.0 Å². The number of carbonyl (C=O) groups is 9. The molecule has 3 amide bonds. The monoisotopic (exact) mass is 2660 g/mol. The van der Waals surface area contributed by atoms with E-state index in [0.29, 0.717) is 81.6 Å². The van der Waals surface area contributed by atoms with Gasteiger partial charge in [-0.25, -0.2) is 14.4 Å². The molecule has 27 heteroatoms.